The smallest absolute Gasteiger partial charge is 0.408 e. The average molecular weight is 478 g/mol. The van der Waals surface area contributed by atoms with Crippen LogP contribution in [0.3, 0.4) is 0 Å². The number of carbonyl (C=O) groups excluding carboxylic acids is 3. The van der Waals surface area contributed by atoms with E-state index in [2.05, 4.69) is 26.2 Å². The van der Waals surface area contributed by atoms with E-state index in [0.717, 1.165) is 0 Å². The zero-order chi connectivity index (χ0) is 21.1. The van der Waals surface area contributed by atoms with Crippen molar-refractivity contribution in [2.75, 3.05) is 19.0 Å². The summed E-state index contributed by atoms with van der Waals surface area (Å²) in [5.41, 5.74) is -1.31. The molecule has 1 aliphatic carbocycles. The van der Waals surface area contributed by atoms with E-state index >= 15 is 0 Å². The maximum Gasteiger partial charge on any atom is 0.408 e. The lowest BCUT2D eigenvalue weighted by Gasteiger charge is -2.23. The van der Waals surface area contributed by atoms with E-state index in [1.165, 1.54) is 13.2 Å². The summed E-state index contributed by atoms with van der Waals surface area (Å²) < 4.78 is 15.7. The summed E-state index contributed by atoms with van der Waals surface area (Å²) in [5, 5.41) is 2.77. The number of ether oxygens (including phenoxy) is 3. The lowest BCUT2D eigenvalue weighted by Crippen LogP contribution is -2.44. The number of esters is 1. The fraction of sp³-hybridized carbons (Fsp3) is 0.556. The van der Waals surface area contributed by atoms with E-state index in [4.69, 9.17) is 25.8 Å². The van der Waals surface area contributed by atoms with Gasteiger partial charge >= 0.3 is 12.1 Å². The third kappa shape index (κ3) is 5.81. The number of methoxy groups -OCH3 is 1. The number of amides is 1. The number of aromatic nitrogens is 1. The van der Waals surface area contributed by atoms with Gasteiger partial charge in [-0.1, -0.05) is 27.5 Å². The number of alkyl carbamates (subject to hydrolysis) is 1. The predicted molar refractivity (Wildman–Crippen MR) is 106 cm³/mol. The van der Waals surface area contributed by atoms with E-state index in [9.17, 15) is 14.4 Å². The first-order valence-electron chi connectivity index (χ1n) is 8.52. The molecule has 0 spiro atoms. The molecule has 1 aromatic rings. The molecule has 0 unspecified atom stereocenters. The fourth-order valence-corrected chi connectivity index (χ4v) is 2.86. The Morgan fingerprint density at radius 2 is 1.96 bits per heavy atom. The van der Waals surface area contributed by atoms with Crippen molar-refractivity contribution in [1.29, 1.82) is 0 Å². The summed E-state index contributed by atoms with van der Waals surface area (Å²) in [6, 6.07) is 1.29. The van der Waals surface area contributed by atoms with E-state index in [1.54, 1.807) is 20.8 Å². The van der Waals surface area contributed by atoms with Crippen molar-refractivity contribution < 1.29 is 28.6 Å². The topological polar surface area (TPSA) is 104 Å². The van der Waals surface area contributed by atoms with Crippen LogP contribution in [0.15, 0.2) is 6.07 Å². The Labute approximate surface area is 176 Å². The van der Waals surface area contributed by atoms with Gasteiger partial charge in [-0.15, -0.1) is 0 Å². The number of halogens is 2. The second-order valence-corrected chi connectivity index (χ2v) is 8.36. The normalized spacial score (nSPS) is 14.8. The van der Waals surface area contributed by atoms with E-state index in [0.29, 0.717) is 12.8 Å². The minimum atomic E-state index is -0.770. The Morgan fingerprint density at radius 3 is 2.46 bits per heavy atom. The summed E-state index contributed by atoms with van der Waals surface area (Å²) >= 11 is 9.06. The van der Waals surface area contributed by atoms with Crippen LogP contribution in [-0.4, -0.2) is 53.0 Å². The summed E-state index contributed by atoms with van der Waals surface area (Å²) in [6.07, 6.45) is 0.789. The molecular weight excluding hydrogens is 456 g/mol. The zero-order valence-corrected chi connectivity index (χ0v) is 18.4. The largest absolute Gasteiger partial charge is 0.475 e. The number of carbonyl (C=O) groups is 3. The first-order chi connectivity index (χ1) is 13.0. The van der Waals surface area contributed by atoms with Crippen molar-refractivity contribution in [1.82, 2.24) is 10.3 Å². The number of hydrogen-bond acceptors (Lipinski definition) is 7. The Kier molecular flexibility index (Phi) is 6.93. The Hall–Kier alpha value is -1.87. The molecule has 0 radical (unpaired) electrons. The van der Waals surface area contributed by atoms with Crippen molar-refractivity contribution in [3.8, 4) is 5.88 Å². The average Bonchev–Trinajstić information content (AvgIpc) is 3.35. The first kappa shape index (κ1) is 22.4. The molecule has 1 amide bonds. The number of alkyl halides is 1. The predicted octanol–water partition coefficient (Wildman–Crippen LogP) is 3.54. The van der Waals surface area contributed by atoms with Gasteiger partial charge < -0.3 is 19.5 Å². The molecule has 10 heteroatoms. The molecule has 1 heterocycles. The minimum absolute atomic E-state index is 0.00287. The van der Waals surface area contributed by atoms with Gasteiger partial charge in [0.2, 0.25) is 5.88 Å². The molecule has 0 aromatic carbocycles. The number of nitrogens with zero attached hydrogens (tertiary/aromatic N) is 1. The molecule has 2 rings (SSSR count). The van der Waals surface area contributed by atoms with Gasteiger partial charge in [-0.2, -0.15) is 0 Å². The number of rotatable bonds is 7. The van der Waals surface area contributed by atoms with Gasteiger partial charge in [0.15, 0.2) is 5.78 Å². The maximum atomic E-state index is 12.2. The van der Waals surface area contributed by atoms with Crippen LogP contribution in [-0.2, 0) is 9.47 Å². The van der Waals surface area contributed by atoms with E-state index in [1.807, 2.05) is 0 Å². The molecule has 0 atom stereocenters. The number of Topliss-reactive ketones (excluding diaryl/α,β-unsaturated/α-hetero) is 1. The minimum Gasteiger partial charge on any atom is -0.475 e. The molecule has 1 fully saturated rings. The number of pyridine rings is 1. The van der Waals surface area contributed by atoms with Crippen LogP contribution < -0.4 is 10.1 Å². The van der Waals surface area contributed by atoms with Crippen molar-refractivity contribution in [2.24, 2.45) is 0 Å². The highest BCUT2D eigenvalue weighted by Gasteiger charge is 2.46. The van der Waals surface area contributed by atoms with Gasteiger partial charge in [-0.05, 0) is 39.7 Å². The third-order valence-electron chi connectivity index (χ3n) is 3.87. The Bertz CT molecular complexity index is 789. The summed E-state index contributed by atoms with van der Waals surface area (Å²) in [6.45, 7) is 5.34. The molecule has 1 saturated carbocycles. The van der Waals surface area contributed by atoms with Crippen LogP contribution in [0.5, 0.6) is 5.88 Å². The summed E-state index contributed by atoms with van der Waals surface area (Å²) in [5.74, 6) is -1.27. The molecule has 1 N–H and O–H groups in total. The summed E-state index contributed by atoms with van der Waals surface area (Å²) in [4.78, 5) is 40.5. The molecule has 0 bridgehead atoms. The van der Waals surface area contributed by atoms with Crippen molar-refractivity contribution >= 4 is 45.4 Å². The first-order valence-corrected chi connectivity index (χ1v) is 10.0. The van der Waals surface area contributed by atoms with Gasteiger partial charge in [-0.25, -0.2) is 14.6 Å². The van der Waals surface area contributed by atoms with Crippen LogP contribution in [0.25, 0.3) is 0 Å². The number of nitrogens with one attached hydrogen (secondary N) is 1. The third-order valence-corrected chi connectivity index (χ3v) is 4.57. The van der Waals surface area contributed by atoms with Gasteiger partial charge in [0.25, 0.3) is 0 Å². The van der Waals surface area contributed by atoms with Crippen molar-refractivity contribution in [2.45, 2.75) is 44.8 Å². The van der Waals surface area contributed by atoms with Crippen molar-refractivity contribution in [3.63, 3.8) is 0 Å². The molecule has 1 aliphatic rings. The second kappa shape index (κ2) is 8.65. The number of ketones is 1. The SMILES string of the molecule is COC(=O)c1c(C(=O)CBr)cc(Cl)nc1OCC1(NC(=O)OC(C)(C)C)CC1. The van der Waals surface area contributed by atoms with Gasteiger partial charge in [0, 0.05) is 5.56 Å². The van der Waals surface area contributed by atoms with Crippen molar-refractivity contribution in [3.05, 3.63) is 22.3 Å². The fourth-order valence-electron chi connectivity index (χ4n) is 2.37. The highest BCUT2D eigenvalue weighted by molar-refractivity contribution is 9.09. The Morgan fingerprint density at radius 1 is 1.32 bits per heavy atom. The van der Waals surface area contributed by atoms with Gasteiger partial charge in [0.05, 0.1) is 18.0 Å². The van der Waals surface area contributed by atoms with Crippen LogP contribution in [0.1, 0.15) is 54.3 Å². The zero-order valence-electron chi connectivity index (χ0n) is 16.1. The quantitative estimate of drug-likeness (QED) is 0.277. The van der Waals surface area contributed by atoms with E-state index < -0.39 is 23.2 Å². The van der Waals surface area contributed by atoms with Crippen LogP contribution >= 0.6 is 27.5 Å². The lowest BCUT2D eigenvalue weighted by atomic mass is 10.1. The molecular formula is C18H22BrClN2O6. The standard InChI is InChI=1S/C18H22BrClN2O6/c1-17(2,3)28-16(25)22-18(5-6-18)9-27-14-13(15(24)26-4)10(11(23)8-19)7-12(20)21-14/h7H,5-6,8-9H2,1-4H3,(H,22,25). The molecule has 1 aromatic heterocycles. The lowest BCUT2D eigenvalue weighted by molar-refractivity contribution is 0.0471. The molecule has 154 valence electrons. The van der Waals surface area contributed by atoms with E-state index in [-0.39, 0.29) is 39.9 Å². The van der Waals surface area contributed by atoms with Gasteiger partial charge in [0.1, 0.15) is 22.9 Å². The maximum absolute atomic E-state index is 12.2. The van der Waals surface area contributed by atoms with Crippen LogP contribution in [0, 0.1) is 0 Å². The summed E-state index contributed by atoms with van der Waals surface area (Å²) in [7, 11) is 1.19. The highest BCUT2D eigenvalue weighted by atomic mass is 79.9. The van der Waals surface area contributed by atoms with Crippen LogP contribution in [0.2, 0.25) is 5.15 Å². The Balaban J connectivity index is 2.22. The molecule has 0 aliphatic heterocycles. The monoisotopic (exact) mass is 476 g/mol. The second-order valence-electron chi connectivity index (χ2n) is 7.42. The number of hydrogen-bond donors (Lipinski definition) is 1. The molecule has 8 nitrogen and oxygen atoms in total. The molecule has 0 saturated heterocycles. The highest BCUT2D eigenvalue weighted by Crippen LogP contribution is 2.37. The van der Waals surface area contributed by atoms with Gasteiger partial charge in [-0.3, -0.25) is 4.79 Å². The van der Waals surface area contributed by atoms with Crippen LogP contribution in [0.4, 0.5) is 4.79 Å². The molecule has 28 heavy (non-hydrogen) atoms.